The number of likely N-dealkylation sites (tertiary alicyclic amines) is 1. The number of ether oxygens (including phenoxy) is 1. The second kappa shape index (κ2) is 11.0. The number of benzene rings is 2. The van der Waals surface area contributed by atoms with Crippen LogP contribution >= 0.6 is 0 Å². The molecule has 1 atom stereocenters. The summed E-state index contributed by atoms with van der Waals surface area (Å²) in [5, 5.41) is 0. The molecule has 1 unspecified atom stereocenters. The van der Waals surface area contributed by atoms with Crippen LogP contribution in [0.2, 0.25) is 0 Å². The number of anilines is 1. The van der Waals surface area contributed by atoms with Crippen molar-refractivity contribution in [2.24, 2.45) is 0 Å². The van der Waals surface area contributed by atoms with Gasteiger partial charge >= 0.3 is 0 Å². The first kappa shape index (κ1) is 25.0. The summed E-state index contributed by atoms with van der Waals surface area (Å²) in [6.45, 7) is 2.23. The molecular formula is C23H28N4O6S. The zero-order chi connectivity index (χ0) is 24.7. The Labute approximate surface area is 198 Å². The Balaban J connectivity index is 1.65. The lowest BCUT2D eigenvalue weighted by molar-refractivity contribution is -0.142. The van der Waals surface area contributed by atoms with Crippen LogP contribution in [0.15, 0.2) is 53.4 Å². The second-order valence-corrected chi connectivity index (χ2v) is 9.44. The van der Waals surface area contributed by atoms with Gasteiger partial charge < -0.3 is 9.64 Å². The average Bonchev–Trinajstić information content (AvgIpc) is 2.86. The van der Waals surface area contributed by atoms with Gasteiger partial charge in [0.05, 0.1) is 12.0 Å². The molecule has 0 spiro atoms. The maximum absolute atomic E-state index is 12.8. The fourth-order valence-corrected chi connectivity index (χ4v) is 4.76. The van der Waals surface area contributed by atoms with Crippen molar-refractivity contribution in [3.8, 4) is 5.75 Å². The van der Waals surface area contributed by atoms with Gasteiger partial charge in [0.2, 0.25) is 5.91 Å². The maximum Gasteiger partial charge on any atom is 0.269 e. The van der Waals surface area contributed by atoms with Crippen LogP contribution in [0.1, 0.15) is 43.0 Å². The topological polar surface area (TPSA) is 134 Å². The first-order chi connectivity index (χ1) is 16.2. The predicted octanol–water partition coefficient (Wildman–Crippen LogP) is 2.05. The minimum atomic E-state index is -3.96. The van der Waals surface area contributed by atoms with E-state index < -0.39 is 27.9 Å². The number of methoxy groups -OCH3 is 1. The zero-order valence-corrected chi connectivity index (χ0v) is 19.9. The first-order valence-corrected chi connectivity index (χ1v) is 12.4. The van der Waals surface area contributed by atoms with E-state index in [0.29, 0.717) is 30.8 Å². The Morgan fingerprint density at radius 3 is 2.47 bits per heavy atom. The van der Waals surface area contributed by atoms with Gasteiger partial charge in [-0.25, -0.2) is 8.42 Å². The monoisotopic (exact) mass is 488 g/mol. The summed E-state index contributed by atoms with van der Waals surface area (Å²) in [4.78, 5) is 38.7. The molecule has 2 aromatic rings. The van der Waals surface area contributed by atoms with Crippen molar-refractivity contribution in [1.82, 2.24) is 15.8 Å². The van der Waals surface area contributed by atoms with Crippen molar-refractivity contribution in [2.75, 3.05) is 18.4 Å². The van der Waals surface area contributed by atoms with Gasteiger partial charge in [0, 0.05) is 24.2 Å². The van der Waals surface area contributed by atoms with E-state index in [-0.39, 0.29) is 16.4 Å². The van der Waals surface area contributed by atoms with Gasteiger partial charge in [0.15, 0.2) is 0 Å². The Morgan fingerprint density at radius 2 is 1.79 bits per heavy atom. The van der Waals surface area contributed by atoms with E-state index >= 15 is 0 Å². The van der Waals surface area contributed by atoms with Crippen LogP contribution in [0.4, 0.5) is 5.69 Å². The van der Waals surface area contributed by atoms with Crippen molar-refractivity contribution in [3.63, 3.8) is 0 Å². The molecule has 182 valence electrons. The molecule has 2 aromatic carbocycles. The molecule has 11 heteroatoms. The lowest BCUT2D eigenvalue weighted by Gasteiger charge is -2.34. The fraction of sp³-hybridized carbons (Fsp3) is 0.348. The third-order valence-electron chi connectivity index (χ3n) is 5.48. The minimum Gasteiger partial charge on any atom is -0.497 e. The van der Waals surface area contributed by atoms with Crippen LogP contribution in [0, 0.1) is 0 Å². The fourth-order valence-electron chi connectivity index (χ4n) is 3.66. The average molecular weight is 489 g/mol. The quantitative estimate of drug-likeness (QED) is 0.511. The molecule has 0 aromatic heterocycles. The van der Waals surface area contributed by atoms with E-state index in [1.54, 1.807) is 31.2 Å². The summed E-state index contributed by atoms with van der Waals surface area (Å²) in [7, 11) is -2.45. The number of amides is 3. The Kier molecular flexibility index (Phi) is 8.11. The highest BCUT2D eigenvalue weighted by molar-refractivity contribution is 7.92. The summed E-state index contributed by atoms with van der Waals surface area (Å²) in [6.07, 6.45) is 2.44. The van der Waals surface area contributed by atoms with Crippen LogP contribution in [0.5, 0.6) is 5.75 Å². The predicted molar refractivity (Wildman–Crippen MR) is 125 cm³/mol. The lowest BCUT2D eigenvalue weighted by Crippen LogP contribution is -2.55. The van der Waals surface area contributed by atoms with E-state index in [9.17, 15) is 22.8 Å². The molecular weight excluding hydrogens is 460 g/mol. The number of carbonyl (C=O) groups is 3. The smallest absolute Gasteiger partial charge is 0.269 e. The third kappa shape index (κ3) is 6.04. The van der Waals surface area contributed by atoms with Gasteiger partial charge in [-0.15, -0.1) is 0 Å². The van der Waals surface area contributed by atoms with Crippen molar-refractivity contribution < 1.29 is 27.5 Å². The molecule has 0 saturated carbocycles. The van der Waals surface area contributed by atoms with Crippen molar-refractivity contribution in [1.29, 1.82) is 0 Å². The molecule has 1 aliphatic heterocycles. The molecule has 1 heterocycles. The molecule has 3 N–H and O–H groups in total. The van der Waals surface area contributed by atoms with Crippen molar-refractivity contribution in [3.05, 3.63) is 54.1 Å². The van der Waals surface area contributed by atoms with Gasteiger partial charge in [-0.1, -0.05) is 13.0 Å². The van der Waals surface area contributed by atoms with Crippen LogP contribution in [-0.4, -0.2) is 50.7 Å². The van der Waals surface area contributed by atoms with Crippen LogP contribution in [0.25, 0.3) is 0 Å². The number of nitrogens with one attached hydrogen (secondary N) is 3. The molecule has 3 rings (SSSR count). The molecule has 1 fully saturated rings. The SMILES string of the molecule is CCC(=O)N1CCCCC1C(=O)NNC(=O)c1cccc(S(=O)(=O)Nc2ccc(OC)cc2)c1. The van der Waals surface area contributed by atoms with Crippen LogP contribution in [0.3, 0.4) is 0 Å². The minimum absolute atomic E-state index is 0.0445. The number of hydrogen-bond acceptors (Lipinski definition) is 6. The number of sulfonamides is 1. The zero-order valence-electron chi connectivity index (χ0n) is 19.0. The van der Waals surface area contributed by atoms with Gasteiger partial charge in [-0.05, 0) is 61.7 Å². The Morgan fingerprint density at radius 1 is 1.06 bits per heavy atom. The van der Waals surface area contributed by atoms with Crippen LogP contribution in [-0.2, 0) is 19.6 Å². The molecule has 0 bridgehead atoms. The van der Waals surface area contributed by atoms with E-state index in [0.717, 1.165) is 12.8 Å². The molecule has 1 aliphatic rings. The van der Waals surface area contributed by atoms with Crippen molar-refractivity contribution >= 4 is 33.4 Å². The summed E-state index contributed by atoms with van der Waals surface area (Å²) < 4.78 is 33.0. The molecule has 10 nitrogen and oxygen atoms in total. The van der Waals surface area contributed by atoms with Gasteiger partial charge in [-0.3, -0.25) is 30.0 Å². The summed E-state index contributed by atoms with van der Waals surface area (Å²) in [5.74, 6) is -0.702. The molecule has 0 radical (unpaired) electrons. The molecule has 3 amide bonds. The number of piperidine rings is 1. The van der Waals surface area contributed by atoms with Gasteiger partial charge in [0.25, 0.3) is 21.8 Å². The van der Waals surface area contributed by atoms with Gasteiger partial charge in [0.1, 0.15) is 11.8 Å². The first-order valence-electron chi connectivity index (χ1n) is 10.9. The normalized spacial score (nSPS) is 15.8. The number of hydrazine groups is 1. The molecule has 1 saturated heterocycles. The second-order valence-electron chi connectivity index (χ2n) is 7.76. The largest absolute Gasteiger partial charge is 0.497 e. The van der Waals surface area contributed by atoms with E-state index in [2.05, 4.69) is 15.6 Å². The maximum atomic E-state index is 12.8. The highest BCUT2D eigenvalue weighted by Crippen LogP contribution is 2.20. The summed E-state index contributed by atoms with van der Waals surface area (Å²) in [5.41, 5.74) is 5.05. The summed E-state index contributed by atoms with van der Waals surface area (Å²) in [6, 6.07) is 11.1. The standard InChI is InChI=1S/C23H28N4O6S/c1-3-21(28)27-14-5-4-9-20(27)23(30)25-24-22(29)16-7-6-8-19(15-16)34(31,32)26-17-10-12-18(33-2)13-11-17/h6-8,10-13,15,20,26H,3-5,9,14H2,1-2H3,(H,24,29)(H,25,30). The Bertz CT molecular complexity index is 1150. The lowest BCUT2D eigenvalue weighted by atomic mass is 10.0. The number of nitrogens with zero attached hydrogens (tertiary/aromatic N) is 1. The molecule has 0 aliphatic carbocycles. The molecule has 34 heavy (non-hydrogen) atoms. The third-order valence-corrected chi connectivity index (χ3v) is 6.86. The summed E-state index contributed by atoms with van der Waals surface area (Å²) >= 11 is 0. The van der Waals surface area contributed by atoms with Crippen molar-refractivity contribution in [2.45, 2.75) is 43.5 Å². The van der Waals surface area contributed by atoms with Gasteiger partial charge in [-0.2, -0.15) is 0 Å². The van der Waals surface area contributed by atoms with Crippen LogP contribution < -0.4 is 20.3 Å². The number of hydrogen-bond donors (Lipinski definition) is 3. The van der Waals surface area contributed by atoms with E-state index in [1.165, 1.54) is 36.3 Å². The van der Waals surface area contributed by atoms with E-state index in [1.807, 2.05) is 0 Å². The number of carbonyl (C=O) groups excluding carboxylic acids is 3. The highest BCUT2D eigenvalue weighted by atomic mass is 32.2. The number of rotatable bonds is 7. The van der Waals surface area contributed by atoms with E-state index in [4.69, 9.17) is 4.74 Å². The highest BCUT2D eigenvalue weighted by Gasteiger charge is 2.31. The Hall–Kier alpha value is -3.60.